The molecule has 0 atom stereocenters. The number of carbonyl (C=O) groups is 1. The van der Waals surface area contributed by atoms with Crippen molar-refractivity contribution in [2.75, 3.05) is 46.8 Å². The van der Waals surface area contributed by atoms with Crippen molar-refractivity contribution in [2.45, 2.75) is 32.2 Å². The largest absolute Gasteiger partial charge is 0.341 e. The Morgan fingerprint density at radius 1 is 1.07 bits per heavy atom. The molecule has 4 rings (SSSR count). The van der Waals surface area contributed by atoms with E-state index in [1.165, 1.54) is 18.2 Å². The van der Waals surface area contributed by atoms with Crippen LogP contribution in [-0.4, -0.2) is 72.4 Å². The lowest BCUT2D eigenvalue weighted by Gasteiger charge is -2.47. The highest BCUT2D eigenvalue weighted by Gasteiger charge is 2.40. The molecule has 2 saturated heterocycles. The fourth-order valence-electron chi connectivity index (χ4n) is 4.65. The number of para-hydroxylation sites is 1. The Balaban J connectivity index is 1.35. The lowest BCUT2D eigenvalue weighted by Crippen LogP contribution is -2.52. The van der Waals surface area contributed by atoms with Crippen LogP contribution in [0.4, 0.5) is 0 Å². The van der Waals surface area contributed by atoms with Crippen molar-refractivity contribution < 1.29 is 4.79 Å². The van der Waals surface area contributed by atoms with Gasteiger partial charge in [0.05, 0.1) is 11.2 Å². The number of benzene rings is 1. The van der Waals surface area contributed by atoms with E-state index < -0.39 is 0 Å². The molecular weight excluding hydrogens is 348 g/mol. The summed E-state index contributed by atoms with van der Waals surface area (Å²) in [5, 5.41) is 1.20. The molecular formula is C23H32N4O. The SMILES string of the molecule is CN(C)CCN1CC2(CCC1=O)CCN(Cc1ccc3ccccc3n1)CC2. The van der Waals surface area contributed by atoms with Crippen molar-refractivity contribution in [3.8, 4) is 0 Å². The van der Waals surface area contributed by atoms with Crippen LogP contribution < -0.4 is 0 Å². The Kier molecular flexibility index (Phi) is 5.65. The fraction of sp³-hybridized carbons (Fsp3) is 0.565. The smallest absolute Gasteiger partial charge is 0.222 e. The minimum absolute atomic E-state index is 0.327. The molecule has 1 amide bonds. The van der Waals surface area contributed by atoms with Crippen molar-refractivity contribution in [1.29, 1.82) is 0 Å². The van der Waals surface area contributed by atoms with Crippen molar-refractivity contribution in [3.63, 3.8) is 0 Å². The number of rotatable bonds is 5. The van der Waals surface area contributed by atoms with Gasteiger partial charge in [-0.05, 0) is 64.0 Å². The highest BCUT2D eigenvalue weighted by Crippen LogP contribution is 2.40. The second-order valence-corrected chi connectivity index (χ2v) is 8.89. The average molecular weight is 381 g/mol. The second kappa shape index (κ2) is 8.18. The monoisotopic (exact) mass is 380 g/mol. The molecule has 2 fully saturated rings. The number of hydrogen-bond donors (Lipinski definition) is 0. The number of hydrogen-bond acceptors (Lipinski definition) is 4. The van der Waals surface area contributed by atoms with E-state index in [0.717, 1.165) is 63.3 Å². The summed E-state index contributed by atoms with van der Waals surface area (Å²) < 4.78 is 0. The van der Waals surface area contributed by atoms with E-state index in [0.29, 0.717) is 11.3 Å². The van der Waals surface area contributed by atoms with Crippen LogP contribution in [0.25, 0.3) is 10.9 Å². The minimum Gasteiger partial charge on any atom is -0.341 e. The molecule has 0 aliphatic carbocycles. The molecule has 150 valence electrons. The third kappa shape index (κ3) is 4.36. The molecule has 5 heteroatoms. The van der Waals surface area contributed by atoms with Crippen molar-refractivity contribution >= 4 is 16.8 Å². The maximum Gasteiger partial charge on any atom is 0.222 e. The number of carbonyl (C=O) groups excluding carboxylic acids is 1. The Morgan fingerprint density at radius 3 is 2.64 bits per heavy atom. The van der Waals surface area contributed by atoms with E-state index in [9.17, 15) is 4.79 Å². The summed E-state index contributed by atoms with van der Waals surface area (Å²) in [6.45, 7) is 5.88. The number of likely N-dealkylation sites (tertiary alicyclic amines) is 2. The van der Waals surface area contributed by atoms with Crippen LogP contribution in [0.1, 0.15) is 31.4 Å². The summed E-state index contributed by atoms with van der Waals surface area (Å²) in [6.07, 6.45) is 4.16. The summed E-state index contributed by atoms with van der Waals surface area (Å²) in [5.74, 6) is 0.343. The highest BCUT2D eigenvalue weighted by molar-refractivity contribution is 5.78. The quantitative estimate of drug-likeness (QED) is 0.799. The molecule has 0 bridgehead atoms. The van der Waals surface area contributed by atoms with Gasteiger partial charge in [0.1, 0.15) is 0 Å². The number of amides is 1. The van der Waals surface area contributed by atoms with Gasteiger partial charge < -0.3 is 9.80 Å². The Morgan fingerprint density at radius 2 is 1.86 bits per heavy atom. The summed E-state index contributed by atoms with van der Waals surface area (Å²) in [6, 6.07) is 12.7. The number of nitrogens with zero attached hydrogens (tertiary/aromatic N) is 4. The molecule has 0 saturated carbocycles. The molecule has 0 N–H and O–H groups in total. The molecule has 1 spiro atoms. The predicted octanol–water partition coefficient (Wildman–Crippen LogP) is 3.00. The van der Waals surface area contributed by atoms with Crippen LogP contribution in [-0.2, 0) is 11.3 Å². The molecule has 2 aromatic rings. The van der Waals surface area contributed by atoms with E-state index in [-0.39, 0.29) is 0 Å². The van der Waals surface area contributed by atoms with Crippen molar-refractivity contribution in [3.05, 3.63) is 42.1 Å². The van der Waals surface area contributed by atoms with Gasteiger partial charge in [-0.3, -0.25) is 14.7 Å². The average Bonchev–Trinajstić information content (AvgIpc) is 2.70. The first-order valence-electron chi connectivity index (χ1n) is 10.5. The van der Waals surface area contributed by atoms with Gasteiger partial charge >= 0.3 is 0 Å². The third-order valence-electron chi connectivity index (χ3n) is 6.52. The molecule has 3 heterocycles. The molecule has 0 unspecified atom stereocenters. The lowest BCUT2D eigenvalue weighted by molar-refractivity contribution is -0.139. The standard InChI is InChI=1S/C23H32N4O/c1-25(2)15-16-27-18-23(10-9-22(27)28)11-13-26(14-12-23)17-20-8-7-19-5-3-4-6-21(19)24-20/h3-8H,9-18H2,1-2H3. The van der Waals surface area contributed by atoms with E-state index >= 15 is 0 Å². The zero-order valence-electron chi connectivity index (χ0n) is 17.2. The summed E-state index contributed by atoms with van der Waals surface area (Å²) in [4.78, 5) is 24.0. The number of likely N-dealkylation sites (N-methyl/N-ethyl adjacent to an activating group) is 1. The molecule has 2 aliphatic rings. The van der Waals surface area contributed by atoms with Crippen molar-refractivity contribution in [2.24, 2.45) is 5.41 Å². The van der Waals surface area contributed by atoms with E-state index in [1.807, 2.05) is 0 Å². The van der Waals surface area contributed by atoms with Crippen LogP contribution >= 0.6 is 0 Å². The van der Waals surface area contributed by atoms with E-state index in [1.54, 1.807) is 0 Å². The van der Waals surface area contributed by atoms with Gasteiger partial charge in [0.2, 0.25) is 5.91 Å². The molecule has 2 aliphatic heterocycles. The van der Waals surface area contributed by atoms with Gasteiger partial charge in [-0.25, -0.2) is 0 Å². The number of aromatic nitrogens is 1. The van der Waals surface area contributed by atoms with Crippen LogP contribution in [0.3, 0.4) is 0 Å². The van der Waals surface area contributed by atoms with E-state index in [4.69, 9.17) is 4.98 Å². The Bertz CT molecular complexity index is 826. The van der Waals surface area contributed by atoms with Gasteiger partial charge in [0.15, 0.2) is 0 Å². The molecule has 5 nitrogen and oxygen atoms in total. The lowest BCUT2D eigenvalue weighted by atomic mass is 9.72. The maximum absolute atomic E-state index is 12.3. The van der Waals surface area contributed by atoms with Gasteiger partial charge in [-0.15, -0.1) is 0 Å². The van der Waals surface area contributed by atoms with Crippen LogP contribution in [0.5, 0.6) is 0 Å². The molecule has 1 aromatic carbocycles. The first-order chi connectivity index (χ1) is 13.5. The second-order valence-electron chi connectivity index (χ2n) is 8.89. The normalized spacial score (nSPS) is 20.4. The fourth-order valence-corrected chi connectivity index (χ4v) is 4.65. The predicted molar refractivity (Wildman–Crippen MR) is 113 cm³/mol. The highest BCUT2D eigenvalue weighted by atomic mass is 16.2. The van der Waals surface area contributed by atoms with Crippen molar-refractivity contribution in [1.82, 2.24) is 19.7 Å². The Hall–Kier alpha value is -1.98. The summed E-state index contributed by atoms with van der Waals surface area (Å²) in [5.41, 5.74) is 2.56. The van der Waals surface area contributed by atoms with Gasteiger partial charge in [-0.2, -0.15) is 0 Å². The van der Waals surface area contributed by atoms with Crippen LogP contribution in [0.15, 0.2) is 36.4 Å². The van der Waals surface area contributed by atoms with Gasteiger partial charge in [0.25, 0.3) is 0 Å². The van der Waals surface area contributed by atoms with Gasteiger partial charge in [0, 0.05) is 38.0 Å². The number of piperidine rings is 2. The molecule has 1 aromatic heterocycles. The van der Waals surface area contributed by atoms with E-state index in [2.05, 4.69) is 65.2 Å². The topological polar surface area (TPSA) is 39.7 Å². The third-order valence-corrected chi connectivity index (χ3v) is 6.52. The maximum atomic E-state index is 12.3. The van der Waals surface area contributed by atoms with Crippen LogP contribution in [0.2, 0.25) is 0 Å². The molecule has 28 heavy (non-hydrogen) atoms. The minimum atomic E-state index is 0.327. The summed E-state index contributed by atoms with van der Waals surface area (Å²) >= 11 is 0. The molecule has 0 radical (unpaired) electrons. The summed E-state index contributed by atoms with van der Waals surface area (Å²) in [7, 11) is 4.15. The number of fused-ring (bicyclic) bond motifs is 1. The first-order valence-corrected chi connectivity index (χ1v) is 10.5. The Labute approximate surface area is 168 Å². The first kappa shape index (κ1) is 19.3. The number of pyridine rings is 1. The van der Waals surface area contributed by atoms with Gasteiger partial charge in [-0.1, -0.05) is 24.3 Å². The van der Waals surface area contributed by atoms with Crippen LogP contribution in [0, 0.1) is 5.41 Å². The zero-order chi connectivity index (χ0) is 19.6. The zero-order valence-corrected chi connectivity index (χ0v) is 17.2.